The first-order valence-corrected chi connectivity index (χ1v) is 7.85. The maximum absolute atomic E-state index is 12.0. The molecule has 0 aromatic heterocycles. The Labute approximate surface area is 121 Å². The van der Waals surface area contributed by atoms with Crippen molar-refractivity contribution in [1.82, 2.24) is 10.6 Å². The molecule has 0 bridgehead atoms. The summed E-state index contributed by atoms with van der Waals surface area (Å²) in [4.78, 5) is 12.0. The minimum Gasteiger partial charge on any atom is -0.352 e. The molecule has 2 unspecified atom stereocenters. The van der Waals surface area contributed by atoms with Crippen molar-refractivity contribution < 1.29 is 4.79 Å². The molecule has 3 heteroatoms. The fourth-order valence-electron chi connectivity index (χ4n) is 3.34. The van der Waals surface area contributed by atoms with Gasteiger partial charge in [0, 0.05) is 18.2 Å². The van der Waals surface area contributed by atoms with Crippen LogP contribution in [0.15, 0.2) is 18.2 Å². The maximum Gasteiger partial charge on any atom is 0.251 e. The van der Waals surface area contributed by atoms with E-state index in [1.54, 1.807) is 0 Å². The topological polar surface area (TPSA) is 41.1 Å². The number of carbonyl (C=O) groups excluding carboxylic acids is 1. The Hall–Kier alpha value is -1.35. The summed E-state index contributed by atoms with van der Waals surface area (Å²) < 4.78 is 0. The van der Waals surface area contributed by atoms with Crippen LogP contribution < -0.4 is 10.6 Å². The summed E-state index contributed by atoms with van der Waals surface area (Å²) in [7, 11) is 0. The summed E-state index contributed by atoms with van der Waals surface area (Å²) in [6, 6.07) is 6.83. The van der Waals surface area contributed by atoms with Crippen molar-refractivity contribution in [2.45, 2.75) is 39.2 Å². The molecular weight excluding hydrogens is 248 g/mol. The number of amides is 1. The monoisotopic (exact) mass is 272 g/mol. The highest BCUT2D eigenvalue weighted by molar-refractivity contribution is 5.96. The average molecular weight is 272 g/mol. The van der Waals surface area contributed by atoms with Gasteiger partial charge in [-0.15, -0.1) is 0 Å². The summed E-state index contributed by atoms with van der Waals surface area (Å²) in [5.41, 5.74) is 3.33. The van der Waals surface area contributed by atoms with Gasteiger partial charge in [0.05, 0.1) is 0 Å². The van der Waals surface area contributed by atoms with Gasteiger partial charge in [0.2, 0.25) is 0 Å². The quantitative estimate of drug-likeness (QED) is 0.865. The SMILES string of the molecule is CCNC(c1ccc2c(c1)C(=O)NCC2)C(C)C1CC1. The van der Waals surface area contributed by atoms with E-state index in [4.69, 9.17) is 0 Å². The molecule has 1 fully saturated rings. The lowest BCUT2D eigenvalue weighted by Crippen LogP contribution is -2.33. The van der Waals surface area contributed by atoms with Gasteiger partial charge in [0.15, 0.2) is 0 Å². The van der Waals surface area contributed by atoms with Crippen LogP contribution in [-0.4, -0.2) is 19.0 Å². The van der Waals surface area contributed by atoms with Gasteiger partial charge in [-0.05, 0) is 54.8 Å². The number of fused-ring (bicyclic) bond motifs is 1. The normalized spacial score (nSPS) is 21.0. The minimum atomic E-state index is 0.0856. The Morgan fingerprint density at radius 1 is 1.40 bits per heavy atom. The van der Waals surface area contributed by atoms with E-state index in [1.165, 1.54) is 24.0 Å². The molecule has 108 valence electrons. The number of benzene rings is 1. The van der Waals surface area contributed by atoms with Crippen molar-refractivity contribution in [3.8, 4) is 0 Å². The first-order chi connectivity index (χ1) is 9.70. The van der Waals surface area contributed by atoms with E-state index in [1.807, 2.05) is 0 Å². The Morgan fingerprint density at radius 2 is 2.20 bits per heavy atom. The smallest absolute Gasteiger partial charge is 0.251 e. The molecule has 1 aromatic carbocycles. The zero-order valence-electron chi connectivity index (χ0n) is 12.4. The van der Waals surface area contributed by atoms with Crippen LogP contribution in [0.4, 0.5) is 0 Å². The molecule has 1 aliphatic heterocycles. The predicted octanol–water partition coefficient (Wildman–Crippen LogP) is 2.67. The van der Waals surface area contributed by atoms with E-state index in [0.29, 0.717) is 12.0 Å². The second-order valence-electron chi connectivity index (χ2n) is 6.15. The van der Waals surface area contributed by atoms with Gasteiger partial charge in [-0.1, -0.05) is 26.0 Å². The van der Waals surface area contributed by atoms with Gasteiger partial charge < -0.3 is 10.6 Å². The minimum absolute atomic E-state index is 0.0856. The van der Waals surface area contributed by atoms with Crippen LogP contribution in [0, 0.1) is 11.8 Å². The summed E-state index contributed by atoms with van der Waals surface area (Å²) in [5.74, 6) is 1.57. The number of hydrogen-bond donors (Lipinski definition) is 2. The number of hydrogen-bond acceptors (Lipinski definition) is 2. The second-order valence-corrected chi connectivity index (χ2v) is 6.15. The lowest BCUT2D eigenvalue weighted by atomic mass is 9.87. The van der Waals surface area contributed by atoms with Crippen molar-refractivity contribution in [2.24, 2.45) is 11.8 Å². The van der Waals surface area contributed by atoms with Gasteiger partial charge in [0.1, 0.15) is 0 Å². The van der Waals surface area contributed by atoms with Crippen LogP contribution in [0.5, 0.6) is 0 Å². The molecule has 2 atom stereocenters. The van der Waals surface area contributed by atoms with Crippen LogP contribution in [0.3, 0.4) is 0 Å². The first kappa shape index (κ1) is 13.6. The van der Waals surface area contributed by atoms with E-state index in [-0.39, 0.29) is 5.91 Å². The predicted molar refractivity (Wildman–Crippen MR) is 80.8 cm³/mol. The van der Waals surface area contributed by atoms with Crippen LogP contribution in [0.2, 0.25) is 0 Å². The summed E-state index contributed by atoms with van der Waals surface area (Å²) in [6.07, 6.45) is 3.66. The second kappa shape index (κ2) is 5.57. The van der Waals surface area contributed by atoms with Crippen LogP contribution in [0.1, 0.15) is 54.2 Å². The van der Waals surface area contributed by atoms with Crippen LogP contribution in [-0.2, 0) is 6.42 Å². The molecular formula is C17H24N2O. The average Bonchev–Trinajstić information content (AvgIpc) is 3.29. The van der Waals surface area contributed by atoms with Gasteiger partial charge in [0.25, 0.3) is 5.91 Å². The summed E-state index contributed by atoms with van der Waals surface area (Å²) >= 11 is 0. The number of rotatable bonds is 5. The zero-order valence-corrected chi connectivity index (χ0v) is 12.4. The maximum atomic E-state index is 12.0. The molecule has 2 N–H and O–H groups in total. The van der Waals surface area contributed by atoms with Crippen LogP contribution in [0.25, 0.3) is 0 Å². The van der Waals surface area contributed by atoms with Gasteiger partial charge >= 0.3 is 0 Å². The highest BCUT2D eigenvalue weighted by Gasteiger charge is 2.34. The van der Waals surface area contributed by atoms with Gasteiger partial charge in [-0.3, -0.25) is 4.79 Å². The molecule has 0 spiro atoms. The Morgan fingerprint density at radius 3 is 2.90 bits per heavy atom. The van der Waals surface area contributed by atoms with E-state index in [0.717, 1.165) is 31.0 Å². The van der Waals surface area contributed by atoms with E-state index < -0.39 is 0 Å². The number of carbonyl (C=O) groups is 1. The van der Waals surface area contributed by atoms with Crippen molar-refractivity contribution in [3.05, 3.63) is 34.9 Å². The number of nitrogens with one attached hydrogen (secondary N) is 2. The van der Waals surface area contributed by atoms with E-state index in [9.17, 15) is 4.79 Å². The summed E-state index contributed by atoms with van der Waals surface area (Å²) in [6.45, 7) is 6.22. The van der Waals surface area contributed by atoms with Crippen molar-refractivity contribution in [1.29, 1.82) is 0 Å². The Kier molecular flexibility index (Phi) is 3.79. The van der Waals surface area contributed by atoms with Crippen molar-refractivity contribution in [3.63, 3.8) is 0 Å². The van der Waals surface area contributed by atoms with Gasteiger partial charge in [-0.25, -0.2) is 0 Å². The third kappa shape index (κ3) is 2.59. The molecule has 3 nitrogen and oxygen atoms in total. The Balaban J connectivity index is 1.90. The van der Waals surface area contributed by atoms with E-state index >= 15 is 0 Å². The fourth-order valence-corrected chi connectivity index (χ4v) is 3.34. The molecule has 1 amide bonds. The van der Waals surface area contributed by atoms with Gasteiger partial charge in [-0.2, -0.15) is 0 Å². The molecule has 0 saturated heterocycles. The molecule has 2 aliphatic rings. The van der Waals surface area contributed by atoms with Crippen molar-refractivity contribution >= 4 is 5.91 Å². The van der Waals surface area contributed by atoms with Crippen molar-refractivity contribution in [2.75, 3.05) is 13.1 Å². The fraction of sp³-hybridized carbons (Fsp3) is 0.588. The first-order valence-electron chi connectivity index (χ1n) is 7.85. The summed E-state index contributed by atoms with van der Waals surface area (Å²) in [5, 5.41) is 6.55. The Bertz CT molecular complexity index is 508. The van der Waals surface area contributed by atoms with E-state index in [2.05, 4.69) is 42.7 Å². The molecule has 3 rings (SSSR count). The zero-order chi connectivity index (χ0) is 14.1. The standard InChI is InChI=1S/C17H24N2O/c1-3-18-16(11(2)12-4-5-12)14-7-6-13-8-9-19-17(20)15(13)10-14/h6-7,10-12,16,18H,3-5,8-9H2,1-2H3,(H,19,20). The highest BCUT2D eigenvalue weighted by Crippen LogP contribution is 2.42. The molecule has 1 heterocycles. The molecule has 1 saturated carbocycles. The molecule has 20 heavy (non-hydrogen) atoms. The largest absolute Gasteiger partial charge is 0.352 e. The molecule has 1 aliphatic carbocycles. The molecule has 1 aromatic rings. The third-order valence-electron chi connectivity index (χ3n) is 4.73. The lowest BCUT2D eigenvalue weighted by molar-refractivity contribution is 0.0946. The van der Waals surface area contributed by atoms with Crippen LogP contribution >= 0.6 is 0 Å². The third-order valence-corrected chi connectivity index (χ3v) is 4.73. The lowest BCUT2D eigenvalue weighted by Gasteiger charge is -2.27. The molecule has 0 radical (unpaired) electrons. The highest BCUT2D eigenvalue weighted by atomic mass is 16.1.